The maximum absolute atomic E-state index is 13.9. The molecule has 66 heavy (non-hydrogen) atoms. The van der Waals surface area contributed by atoms with E-state index in [9.17, 15) is 19.2 Å². The molecule has 0 aromatic carbocycles. The first kappa shape index (κ1) is 53.2. The van der Waals surface area contributed by atoms with Crippen LogP contribution in [0.3, 0.4) is 0 Å². The van der Waals surface area contributed by atoms with Crippen molar-refractivity contribution in [2.45, 2.75) is 117 Å². The summed E-state index contributed by atoms with van der Waals surface area (Å²) in [7, 11) is 7.96. The minimum Gasteiger partial charge on any atom is -0.462 e. The molecule has 1 aliphatic rings. The largest absolute Gasteiger partial charge is 0.462 e. The molecule has 0 spiro atoms. The van der Waals surface area contributed by atoms with Crippen LogP contribution < -0.4 is 5.73 Å². The van der Waals surface area contributed by atoms with Crippen LogP contribution in [0.5, 0.6) is 0 Å². The van der Waals surface area contributed by atoms with E-state index in [1.165, 1.54) is 23.7 Å². The molecule has 6 bridgehead atoms. The lowest BCUT2D eigenvalue weighted by Crippen LogP contribution is -2.39. The molecule has 0 fully saturated rings. The smallest absolute Gasteiger partial charge is 0.404 e. The van der Waals surface area contributed by atoms with Crippen molar-refractivity contribution in [1.82, 2.24) is 19.9 Å². The van der Waals surface area contributed by atoms with E-state index < -0.39 is 54.6 Å². The number of cyclic esters (lactones) is 1. The number of fused-ring (bicyclic) bond motifs is 8. The Kier molecular flexibility index (Phi) is 21.0. The van der Waals surface area contributed by atoms with E-state index in [1.807, 2.05) is 65.8 Å². The molecule has 18 heteroatoms. The van der Waals surface area contributed by atoms with Crippen molar-refractivity contribution < 1.29 is 60.9 Å². The predicted octanol–water partition coefficient (Wildman–Crippen LogP) is 8.00. The Morgan fingerprint density at radius 2 is 1.64 bits per heavy atom. The van der Waals surface area contributed by atoms with Crippen molar-refractivity contribution in [3.05, 3.63) is 60.9 Å². The molecule has 2 N–H and O–H groups in total. The number of aromatic nitrogens is 3. The van der Waals surface area contributed by atoms with Gasteiger partial charge in [0, 0.05) is 78.2 Å². The molecule has 18 nitrogen and oxygen atoms in total. The summed E-state index contributed by atoms with van der Waals surface area (Å²) in [6.45, 7) is 11.6. The zero-order valence-corrected chi connectivity index (χ0v) is 40.1. The number of hydrogen-bond donors (Lipinski definition) is 1. The summed E-state index contributed by atoms with van der Waals surface area (Å²) in [5.41, 5.74) is 6.77. The van der Waals surface area contributed by atoms with Gasteiger partial charge in [0.1, 0.15) is 48.6 Å². The van der Waals surface area contributed by atoms with Gasteiger partial charge in [-0.1, -0.05) is 65.8 Å². The number of carbonyl (C=O) groups excluding carboxylic acids is 4. The van der Waals surface area contributed by atoms with Gasteiger partial charge in [0.25, 0.3) is 0 Å². The zero-order valence-electron chi connectivity index (χ0n) is 40.1. The molecule has 0 unspecified atom stereocenters. The SMILES string of the molecule is CO[C@H]([C@H](C)/C=C/N(C)C=O)[C@@H](C)C(=O)CC[C@H](C)[C@H](C[C@@H]1OC(=O)C[C@@H](OC(N)=O)C[C@H](C)/C=C\[C@H](C)[C@@H](OC)c2coc(n2)-c2coc(n2)-c2coc(n2)/C=C\C[C@H](OC)[C@H]1C)OC. The summed E-state index contributed by atoms with van der Waals surface area (Å²) in [4.78, 5) is 65.7. The molecule has 364 valence electrons. The Morgan fingerprint density at radius 1 is 0.939 bits per heavy atom. The van der Waals surface area contributed by atoms with Crippen molar-refractivity contribution in [3.8, 4) is 23.2 Å². The van der Waals surface area contributed by atoms with Gasteiger partial charge in [-0.05, 0) is 37.2 Å². The second kappa shape index (κ2) is 26.0. The fourth-order valence-electron chi connectivity index (χ4n) is 8.28. The van der Waals surface area contributed by atoms with Gasteiger partial charge < -0.3 is 52.3 Å². The average molecular weight is 924 g/mol. The molecular weight excluding hydrogens is 855 g/mol. The monoisotopic (exact) mass is 923 g/mol. The number of Topliss-reactive ketones (excluding diaryl/α,β-unsaturated/α-hetero) is 1. The van der Waals surface area contributed by atoms with Crippen LogP contribution in [0.4, 0.5) is 4.79 Å². The molecule has 0 saturated carbocycles. The van der Waals surface area contributed by atoms with E-state index in [0.717, 1.165) is 0 Å². The zero-order chi connectivity index (χ0) is 48.5. The standard InChI is InChI=1S/C48H69N5O13/c1-28-15-16-30(3)45(61-11)35-24-63-47(51-35)37-26-64-46(52-37)36-25-62-42(50-36)14-12-13-39(58-8)33(6)41(66-43(56)22-34(21-28)65-48(49)57)23-40(59-9)29(2)17-18-38(55)32(5)44(60-10)31(4)19-20-53(7)27-54/h12,14-16,19-20,24-34,39-41,44-45H,13,17-18,21-23H2,1-11H3,(H2,49,57)/b14-12-,16-15-,20-19+/t28-,29+,30+,31-,32+,33-,34+,39+,40+,41+,44-,45-/m1/s1. The summed E-state index contributed by atoms with van der Waals surface area (Å²) in [5.74, 6) is -1.23. The van der Waals surface area contributed by atoms with Gasteiger partial charge in [0.05, 0.1) is 24.7 Å². The number of primary amides is 1. The number of methoxy groups -OCH3 is 4. The molecule has 0 radical (unpaired) electrons. The van der Waals surface area contributed by atoms with Crippen molar-refractivity contribution in [3.63, 3.8) is 0 Å². The number of allylic oxidation sites excluding steroid dienone is 1. The molecule has 2 amide bonds. The van der Waals surface area contributed by atoms with E-state index in [-0.39, 0.29) is 72.8 Å². The Balaban J connectivity index is 1.60. The summed E-state index contributed by atoms with van der Waals surface area (Å²) >= 11 is 0. The summed E-state index contributed by atoms with van der Waals surface area (Å²) < 4.78 is 52.5. The van der Waals surface area contributed by atoms with Gasteiger partial charge in [-0.15, -0.1) is 0 Å². The number of rotatable bonds is 17. The van der Waals surface area contributed by atoms with Crippen LogP contribution in [-0.4, -0.2) is 110 Å². The average Bonchev–Trinajstić information content (AvgIpc) is 4.09. The first-order chi connectivity index (χ1) is 31.5. The van der Waals surface area contributed by atoms with Crippen LogP contribution in [0.1, 0.15) is 97.8 Å². The lowest BCUT2D eigenvalue weighted by atomic mass is 9.84. The number of nitrogens with zero attached hydrogens (tertiary/aromatic N) is 4. The van der Waals surface area contributed by atoms with E-state index in [4.69, 9.17) is 47.4 Å². The minimum atomic E-state index is -1.01. The fourth-order valence-corrected chi connectivity index (χ4v) is 8.28. The number of amides is 2. The molecule has 1 aliphatic heterocycles. The Hall–Kier alpha value is -5.43. The maximum atomic E-state index is 13.9. The highest BCUT2D eigenvalue weighted by Gasteiger charge is 2.35. The van der Waals surface area contributed by atoms with Crippen molar-refractivity contribution >= 4 is 30.3 Å². The summed E-state index contributed by atoms with van der Waals surface area (Å²) in [5, 5.41) is 0. The van der Waals surface area contributed by atoms with E-state index in [0.29, 0.717) is 42.2 Å². The van der Waals surface area contributed by atoms with E-state index >= 15 is 0 Å². The van der Waals surface area contributed by atoms with Gasteiger partial charge >= 0.3 is 12.1 Å². The molecule has 12 atom stereocenters. The summed E-state index contributed by atoms with van der Waals surface area (Å²) in [6.07, 6.45) is 13.1. The highest BCUT2D eigenvalue weighted by molar-refractivity contribution is 5.81. The Morgan fingerprint density at radius 3 is 2.30 bits per heavy atom. The second-order valence-corrected chi connectivity index (χ2v) is 17.3. The molecule has 0 saturated heterocycles. The molecule has 4 heterocycles. The van der Waals surface area contributed by atoms with Crippen LogP contribution in [-0.2, 0) is 42.8 Å². The number of ether oxygens (including phenoxy) is 6. The van der Waals surface area contributed by atoms with Crippen LogP contribution in [0.25, 0.3) is 29.2 Å². The van der Waals surface area contributed by atoms with Crippen LogP contribution in [0.15, 0.2) is 62.5 Å². The topological polar surface area (TPSA) is 231 Å². The van der Waals surface area contributed by atoms with Gasteiger partial charge in [-0.2, -0.15) is 0 Å². The molecular formula is C48H69N5O13. The van der Waals surface area contributed by atoms with Crippen molar-refractivity contribution in [2.24, 2.45) is 41.2 Å². The van der Waals surface area contributed by atoms with Crippen LogP contribution in [0.2, 0.25) is 0 Å². The third kappa shape index (κ3) is 15.3. The van der Waals surface area contributed by atoms with E-state index in [2.05, 4.69) is 15.0 Å². The number of oxazole rings is 3. The van der Waals surface area contributed by atoms with E-state index in [1.54, 1.807) is 47.8 Å². The minimum absolute atomic E-state index is 0.0308. The Labute approximate surface area is 387 Å². The summed E-state index contributed by atoms with van der Waals surface area (Å²) in [6, 6.07) is 0. The highest BCUT2D eigenvalue weighted by atomic mass is 16.6. The van der Waals surface area contributed by atoms with Crippen molar-refractivity contribution in [2.75, 3.05) is 35.5 Å². The number of esters is 1. The lowest BCUT2D eigenvalue weighted by molar-refractivity contribution is -0.160. The van der Waals surface area contributed by atoms with Crippen LogP contribution in [0, 0.1) is 35.5 Å². The van der Waals surface area contributed by atoms with Gasteiger partial charge in [-0.25, -0.2) is 19.7 Å². The van der Waals surface area contributed by atoms with Gasteiger partial charge in [-0.3, -0.25) is 14.4 Å². The van der Waals surface area contributed by atoms with Crippen molar-refractivity contribution in [1.29, 1.82) is 0 Å². The quantitative estimate of drug-likeness (QED) is 0.0767. The number of ketones is 1. The lowest BCUT2D eigenvalue weighted by Gasteiger charge is -2.34. The van der Waals surface area contributed by atoms with Gasteiger partial charge in [0.15, 0.2) is 11.4 Å². The normalized spacial score (nSPS) is 25.6. The predicted molar refractivity (Wildman–Crippen MR) is 243 cm³/mol. The Bertz CT molecular complexity index is 2070. The first-order valence-corrected chi connectivity index (χ1v) is 22.4. The number of hydrogen-bond acceptors (Lipinski definition) is 16. The third-order valence-electron chi connectivity index (χ3n) is 12.3. The number of nitrogens with two attached hydrogens (primary N) is 1. The molecule has 0 aliphatic carbocycles. The van der Waals surface area contributed by atoms with Crippen LogP contribution >= 0.6 is 0 Å². The fraction of sp³-hybridized carbons (Fsp3) is 0.604. The second-order valence-electron chi connectivity index (χ2n) is 17.3. The molecule has 3 aromatic rings. The molecule has 4 rings (SSSR count). The van der Waals surface area contributed by atoms with Gasteiger partial charge in [0.2, 0.25) is 24.1 Å². The first-order valence-electron chi connectivity index (χ1n) is 22.4. The maximum Gasteiger partial charge on any atom is 0.404 e. The third-order valence-corrected chi connectivity index (χ3v) is 12.3. The number of carbonyl (C=O) groups is 4. The highest BCUT2D eigenvalue weighted by Crippen LogP contribution is 2.32. The molecule has 3 aromatic heterocycles.